The molecule has 0 N–H and O–H groups in total. The summed E-state index contributed by atoms with van der Waals surface area (Å²) in [5, 5.41) is 0. The molecule has 2 aliphatic rings. The Hall–Kier alpha value is -0.860. The van der Waals surface area contributed by atoms with Crippen LogP contribution in [0.25, 0.3) is 0 Å². The summed E-state index contributed by atoms with van der Waals surface area (Å²) in [6.45, 7) is 6.20. The summed E-state index contributed by atoms with van der Waals surface area (Å²) < 4.78 is 5.63. The van der Waals surface area contributed by atoms with Crippen LogP contribution in [-0.2, 0) is 17.7 Å². The molecule has 1 aliphatic heterocycles. The minimum atomic E-state index is 0.0908. The van der Waals surface area contributed by atoms with Crippen molar-refractivity contribution in [2.45, 2.75) is 45.4 Å². The third kappa shape index (κ3) is 2.38. The lowest BCUT2D eigenvalue weighted by Crippen LogP contribution is -2.42. The van der Waals surface area contributed by atoms with Crippen LogP contribution in [0, 0.1) is 0 Å². The molecule has 0 bridgehead atoms. The van der Waals surface area contributed by atoms with Gasteiger partial charge in [0.2, 0.25) is 0 Å². The molecule has 1 aromatic rings. The molecule has 0 amide bonds. The molecule has 2 heteroatoms. The van der Waals surface area contributed by atoms with E-state index in [1.165, 1.54) is 30.4 Å². The Morgan fingerprint density at radius 3 is 2.35 bits per heavy atom. The van der Waals surface area contributed by atoms with E-state index in [1.807, 2.05) is 21.0 Å². The van der Waals surface area contributed by atoms with Crippen molar-refractivity contribution in [1.82, 2.24) is 4.90 Å². The summed E-state index contributed by atoms with van der Waals surface area (Å²) in [6, 6.07) is 8.76. The number of fused-ring (bicyclic) bond motifs is 1. The number of hydrogen-bond acceptors (Lipinski definition) is 2. The largest absolute Gasteiger partial charge is 0.364 e. The first-order valence-corrected chi connectivity index (χ1v) is 6.71. The minimum Gasteiger partial charge on any atom is -0.364 e. The lowest BCUT2D eigenvalue weighted by molar-refractivity contribution is -0.0641. The molecule has 1 aromatic carbocycles. The molecule has 2 nitrogen and oxygen atoms in total. The monoisotopic (exact) mass is 233 g/mol. The van der Waals surface area contributed by atoms with Gasteiger partial charge >= 0.3 is 0 Å². The fraction of sp³-hybridized carbons (Fsp3) is 0.600. The molecule has 0 atom stereocenters. The van der Waals surface area contributed by atoms with Gasteiger partial charge in [-0.1, -0.05) is 38.1 Å². The number of rotatable bonds is 2. The Bertz CT molecular complexity index is 371. The molecule has 3 rings (SSSR count). The van der Waals surface area contributed by atoms with Gasteiger partial charge in [0.15, 0.2) is 0 Å². The maximum absolute atomic E-state index is 5.63. The molecular formula is C15H23NO. The number of nitrogens with zero attached hydrogens (tertiary/aromatic N) is 1. The second kappa shape index (κ2) is 5.19. The van der Waals surface area contributed by atoms with E-state index >= 15 is 0 Å². The van der Waals surface area contributed by atoms with Crippen LogP contribution >= 0.6 is 0 Å². The van der Waals surface area contributed by atoms with Crippen molar-refractivity contribution in [1.29, 1.82) is 0 Å². The fourth-order valence-corrected chi connectivity index (χ4v) is 2.60. The molecule has 17 heavy (non-hydrogen) atoms. The van der Waals surface area contributed by atoms with E-state index in [2.05, 4.69) is 29.2 Å². The summed E-state index contributed by atoms with van der Waals surface area (Å²) in [5.41, 5.74) is 3.08. The summed E-state index contributed by atoms with van der Waals surface area (Å²) in [6.07, 6.45) is 3.57. The van der Waals surface area contributed by atoms with Gasteiger partial charge in [-0.2, -0.15) is 0 Å². The number of benzene rings is 1. The van der Waals surface area contributed by atoms with Crippen molar-refractivity contribution in [2.24, 2.45) is 0 Å². The van der Waals surface area contributed by atoms with Crippen LogP contribution in [0.1, 0.15) is 37.8 Å². The van der Waals surface area contributed by atoms with Crippen molar-refractivity contribution in [3.63, 3.8) is 0 Å². The van der Waals surface area contributed by atoms with Gasteiger partial charge in [0.1, 0.15) is 5.72 Å². The maximum Gasteiger partial charge on any atom is 0.121 e. The van der Waals surface area contributed by atoms with E-state index in [0.29, 0.717) is 0 Å². The zero-order valence-corrected chi connectivity index (χ0v) is 11.2. The van der Waals surface area contributed by atoms with E-state index in [-0.39, 0.29) is 5.72 Å². The molecule has 0 unspecified atom stereocenters. The average molecular weight is 233 g/mol. The molecule has 1 heterocycles. The third-order valence-electron chi connectivity index (χ3n) is 3.76. The van der Waals surface area contributed by atoms with Gasteiger partial charge in [-0.05, 0) is 30.4 Å². The van der Waals surface area contributed by atoms with E-state index in [9.17, 15) is 0 Å². The maximum atomic E-state index is 5.63. The second-order valence-electron chi connectivity index (χ2n) is 4.59. The van der Waals surface area contributed by atoms with Crippen LogP contribution in [-0.4, -0.2) is 24.3 Å². The van der Waals surface area contributed by atoms with Gasteiger partial charge in [-0.3, -0.25) is 4.90 Å². The smallest absolute Gasteiger partial charge is 0.121 e. The van der Waals surface area contributed by atoms with Crippen LogP contribution < -0.4 is 0 Å². The standard InChI is InChI=1S/C13H17NO.C2H6/c1-15-13(7-8-13)14-9-6-11-4-2-3-5-12(11)10-14;1-2/h2-5H,6-10H2,1H3;1-2H3. The molecule has 0 radical (unpaired) electrons. The van der Waals surface area contributed by atoms with Crippen molar-refractivity contribution in [3.8, 4) is 0 Å². The van der Waals surface area contributed by atoms with Crippen LogP contribution in [0.2, 0.25) is 0 Å². The highest BCUT2D eigenvalue weighted by molar-refractivity contribution is 5.29. The summed E-state index contributed by atoms with van der Waals surface area (Å²) in [7, 11) is 1.84. The van der Waals surface area contributed by atoms with Crippen LogP contribution in [0.3, 0.4) is 0 Å². The topological polar surface area (TPSA) is 12.5 Å². The number of ether oxygens (including phenoxy) is 1. The van der Waals surface area contributed by atoms with Crippen molar-refractivity contribution in [3.05, 3.63) is 35.4 Å². The van der Waals surface area contributed by atoms with Crippen molar-refractivity contribution in [2.75, 3.05) is 13.7 Å². The Morgan fingerprint density at radius 1 is 1.12 bits per heavy atom. The molecule has 1 aliphatic carbocycles. The Morgan fingerprint density at radius 2 is 1.76 bits per heavy atom. The van der Waals surface area contributed by atoms with Gasteiger partial charge in [-0.25, -0.2) is 0 Å². The van der Waals surface area contributed by atoms with Gasteiger partial charge in [0.05, 0.1) is 0 Å². The molecule has 94 valence electrons. The predicted octanol–water partition coefficient (Wildman–Crippen LogP) is 3.21. The Balaban J connectivity index is 0.000000514. The van der Waals surface area contributed by atoms with Gasteiger partial charge in [-0.15, -0.1) is 0 Å². The third-order valence-corrected chi connectivity index (χ3v) is 3.76. The van der Waals surface area contributed by atoms with Crippen molar-refractivity contribution < 1.29 is 4.74 Å². The average Bonchev–Trinajstić information content (AvgIpc) is 3.21. The van der Waals surface area contributed by atoms with E-state index < -0.39 is 0 Å². The fourth-order valence-electron chi connectivity index (χ4n) is 2.60. The molecule has 1 fully saturated rings. The van der Waals surface area contributed by atoms with Crippen molar-refractivity contribution >= 4 is 0 Å². The zero-order valence-electron chi connectivity index (χ0n) is 11.2. The number of methoxy groups -OCH3 is 1. The van der Waals surface area contributed by atoms with Gasteiger partial charge in [0.25, 0.3) is 0 Å². The normalized spacial score (nSPS) is 21.1. The van der Waals surface area contributed by atoms with E-state index in [1.54, 1.807) is 0 Å². The van der Waals surface area contributed by atoms with Crippen LogP contribution in [0.15, 0.2) is 24.3 Å². The first kappa shape index (κ1) is 12.6. The number of hydrogen-bond donors (Lipinski definition) is 0. The summed E-state index contributed by atoms with van der Waals surface area (Å²) >= 11 is 0. The molecule has 0 spiro atoms. The summed E-state index contributed by atoms with van der Waals surface area (Å²) in [4.78, 5) is 2.50. The minimum absolute atomic E-state index is 0.0908. The highest BCUT2D eigenvalue weighted by Gasteiger charge is 2.49. The lowest BCUT2D eigenvalue weighted by Gasteiger charge is -2.35. The quantitative estimate of drug-likeness (QED) is 0.777. The molecular weight excluding hydrogens is 210 g/mol. The van der Waals surface area contributed by atoms with Crippen LogP contribution in [0.4, 0.5) is 0 Å². The summed E-state index contributed by atoms with van der Waals surface area (Å²) in [5.74, 6) is 0. The zero-order chi connectivity index (χ0) is 12.3. The molecule has 1 saturated carbocycles. The van der Waals surface area contributed by atoms with E-state index in [4.69, 9.17) is 4.74 Å². The highest BCUT2D eigenvalue weighted by atomic mass is 16.5. The predicted molar refractivity (Wildman–Crippen MR) is 70.9 cm³/mol. The first-order chi connectivity index (χ1) is 8.34. The lowest BCUT2D eigenvalue weighted by atomic mass is 9.99. The SMILES string of the molecule is CC.COC1(N2CCc3ccccc3C2)CC1. The first-order valence-electron chi connectivity index (χ1n) is 6.71. The van der Waals surface area contributed by atoms with Crippen LogP contribution in [0.5, 0.6) is 0 Å². The molecule has 0 saturated heterocycles. The van der Waals surface area contributed by atoms with Gasteiger partial charge < -0.3 is 4.74 Å². The second-order valence-corrected chi connectivity index (χ2v) is 4.59. The Labute approximate surface area is 105 Å². The van der Waals surface area contributed by atoms with E-state index in [0.717, 1.165) is 13.1 Å². The highest BCUT2D eigenvalue weighted by Crippen LogP contribution is 2.44. The van der Waals surface area contributed by atoms with Gasteiger partial charge in [0, 0.05) is 20.2 Å². The Kier molecular flexibility index (Phi) is 3.85. The molecule has 0 aromatic heterocycles.